The van der Waals surface area contributed by atoms with E-state index in [9.17, 15) is 19.7 Å². The normalized spacial score (nSPS) is 9.54. The van der Waals surface area contributed by atoms with E-state index in [1.54, 1.807) is 0 Å². The summed E-state index contributed by atoms with van der Waals surface area (Å²) in [6, 6.07) is 13.4. The summed E-state index contributed by atoms with van der Waals surface area (Å²) in [4.78, 5) is 32.6. The first-order valence-electron chi connectivity index (χ1n) is 7.77. The highest BCUT2D eigenvalue weighted by Crippen LogP contribution is 2.18. The summed E-state index contributed by atoms with van der Waals surface area (Å²) < 4.78 is 5.05. The van der Waals surface area contributed by atoms with Gasteiger partial charge < -0.3 is 10.1 Å². The third-order valence-corrected chi connectivity index (χ3v) is 3.32. The number of nitro benzene ring substituents is 1. The minimum absolute atomic E-state index is 0.00313. The lowest BCUT2D eigenvalue weighted by atomic mass is 10.1. The zero-order valence-corrected chi connectivity index (χ0v) is 13.8. The number of nitro groups is 1. The molecular weight excluding hydrogens is 336 g/mol. The van der Waals surface area contributed by atoms with E-state index in [-0.39, 0.29) is 24.4 Å². The number of nitrogens with one attached hydrogen (secondary N) is 1. The topological polar surface area (TPSA) is 98.5 Å². The molecule has 0 aromatic heterocycles. The van der Waals surface area contributed by atoms with Gasteiger partial charge >= 0.3 is 6.09 Å². The monoisotopic (exact) mass is 352 g/mol. The molecule has 132 valence electrons. The van der Waals surface area contributed by atoms with E-state index in [2.05, 4.69) is 17.2 Å². The molecule has 0 saturated carbocycles. The summed E-state index contributed by atoms with van der Waals surface area (Å²) in [6.07, 6.45) is 0.242. The fourth-order valence-corrected chi connectivity index (χ4v) is 2.04. The van der Waals surface area contributed by atoms with Gasteiger partial charge in [-0.2, -0.15) is 0 Å². The van der Waals surface area contributed by atoms with Crippen LogP contribution in [0.2, 0.25) is 0 Å². The first kappa shape index (κ1) is 18.7. The molecule has 0 fully saturated rings. The number of hydrogen-bond acceptors (Lipinski definition) is 5. The second-order valence-corrected chi connectivity index (χ2v) is 5.19. The average Bonchev–Trinajstić information content (AvgIpc) is 2.66. The number of ether oxygens (including phenoxy) is 1. The molecule has 0 unspecified atom stereocenters. The molecule has 1 amide bonds. The number of aldehydes is 1. The molecule has 0 saturated heterocycles. The summed E-state index contributed by atoms with van der Waals surface area (Å²) >= 11 is 0. The van der Waals surface area contributed by atoms with Gasteiger partial charge in [-0.25, -0.2) is 4.79 Å². The minimum Gasteiger partial charge on any atom is -0.445 e. The first-order valence-corrected chi connectivity index (χ1v) is 7.77. The van der Waals surface area contributed by atoms with Crippen LogP contribution in [0.15, 0.2) is 48.5 Å². The summed E-state index contributed by atoms with van der Waals surface area (Å²) in [5.74, 6) is 5.56. The quantitative estimate of drug-likeness (QED) is 0.283. The molecule has 2 aromatic rings. The number of hydrogen-bond donors (Lipinski definition) is 1. The Morgan fingerprint density at radius 2 is 2.00 bits per heavy atom. The van der Waals surface area contributed by atoms with Gasteiger partial charge in [0.15, 0.2) is 6.29 Å². The fourth-order valence-electron chi connectivity index (χ4n) is 2.04. The second kappa shape index (κ2) is 9.59. The maximum Gasteiger partial charge on any atom is 0.407 e. The van der Waals surface area contributed by atoms with Gasteiger partial charge in [-0.3, -0.25) is 14.9 Å². The lowest BCUT2D eigenvalue weighted by molar-refractivity contribution is -0.385. The zero-order valence-electron chi connectivity index (χ0n) is 13.8. The summed E-state index contributed by atoms with van der Waals surface area (Å²) in [6.45, 7) is 0.472. The summed E-state index contributed by atoms with van der Waals surface area (Å²) in [7, 11) is 0. The van der Waals surface area contributed by atoms with Crippen LogP contribution in [0.3, 0.4) is 0 Å². The number of carbonyl (C=O) groups is 2. The van der Waals surface area contributed by atoms with Crippen LogP contribution in [0.4, 0.5) is 10.5 Å². The molecule has 7 heteroatoms. The smallest absolute Gasteiger partial charge is 0.407 e. The van der Waals surface area contributed by atoms with Crippen LogP contribution < -0.4 is 5.32 Å². The molecule has 0 bridgehead atoms. The molecule has 0 heterocycles. The standard InChI is InChI=1S/C19H16N2O5/c22-13-17-10-9-15(12-18(17)21(24)25)6-4-5-11-20-19(23)26-14-16-7-2-1-3-8-16/h1-3,7-10,12-13H,5,11,14H2,(H,20,23). The van der Waals surface area contributed by atoms with Gasteiger partial charge in [0.2, 0.25) is 0 Å². The van der Waals surface area contributed by atoms with Crippen LogP contribution in [0, 0.1) is 22.0 Å². The van der Waals surface area contributed by atoms with Crippen molar-refractivity contribution < 1.29 is 19.2 Å². The van der Waals surface area contributed by atoms with Crippen LogP contribution in [-0.4, -0.2) is 23.8 Å². The number of rotatable bonds is 6. The number of carbonyl (C=O) groups excluding carboxylic acids is 2. The fraction of sp³-hybridized carbons (Fsp3) is 0.158. The molecule has 7 nitrogen and oxygen atoms in total. The number of alkyl carbamates (subject to hydrolysis) is 1. The van der Waals surface area contributed by atoms with Crippen LogP contribution in [-0.2, 0) is 11.3 Å². The molecule has 0 radical (unpaired) electrons. The van der Waals surface area contributed by atoms with Gasteiger partial charge in [0.25, 0.3) is 5.69 Å². The van der Waals surface area contributed by atoms with E-state index in [1.165, 1.54) is 18.2 Å². The molecule has 1 N–H and O–H groups in total. The number of nitrogens with zero attached hydrogens (tertiary/aromatic N) is 1. The van der Waals surface area contributed by atoms with Gasteiger partial charge in [0, 0.05) is 24.6 Å². The van der Waals surface area contributed by atoms with Crippen molar-refractivity contribution in [2.45, 2.75) is 13.0 Å². The summed E-state index contributed by atoms with van der Waals surface area (Å²) in [5, 5.41) is 13.5. The van der Waals surface area contributed by atoms with Gasteiger partial charge in [0.1, 0.15) is 6.61 Å². The molecule has 2 aromatic carbocycles. The Bertz CT molecular complexity index is 853. The van der Waals surface area contributed by atoms with E-state index < -0.39 is 11.0 Å². The Labute approximate surface area is 150 Å². The predicted molar refractivity (Wildman–Crippen MR) is 94.6 cm³/mol. The van der Waals surface area contributed by atoms with Crippen molar-refractivity contribution in [3.8, 4) is 11.8 Å². The van der Waals surface area contributed by atoms with Crippen LogP contribution in [0.5, 0.6) is 0 Å². The van der Waals surface area contributed by atoms with Crippen molar-refractivity contribution in [1.29, 1.82) is 0 Å². The van der Waals surface area contributed by atoms with E-state index in [0.29, 0.717) is 18.3 Å². The molecule has 0 aliphatic rings. The molecule has 26 heavy (non-hydrogen) atoms. The Hall–Kier alpha value is -3.66. The Balaban J connectivity index is 1.78. The molecule has 0 aliphatic carbocycles. The maximum atomic E-state index is 11.6. The van der Waals surface area contributed by atoms with Gasteiger partial charge in [0.05, 0.1) is 10.5 Å². The van der Waals surface area contributed by atoms with Crippen molar-refractivity contribution in [2.24, 2.45) is 0 Å². The van der Waals surface area contributed by atoms with E-state index in [1.807, 2.05) is 30.3 Å². The zero-order chi connectivity index (χ0) is 18.8. The van der Waals surface area contributed by atoms with Crippen molar-refractivity contribution >= 4 is 18.1 Å². The molecule has 0 spiro atoms. The minimum atomic E-state index is -0.626. The SMILES string of the molecule is O=Cc1ccc(C#CCCNC(=O)OCc2ccccc2)cc1[N+](=O)[O-]. The Kier molecular flexibility index (Phi) is 6.89. The predicted octanol–water partition coefficient (Wildman–Crippen LogP) is 3.08. The Morgan fingerprint density at radius 1 is 1.23 bits per heavy atom. The largest absolute Gasteiger partial charge is 0.445 e. The maximum absolute atomic E-state index is 11.6. The number of benzene rings is 2. The van der Waals surface area contributed by atoms with Crippen molar-refractivity contribution in [3.05, 3.63) is 75.3 Å². The van der Waals surface area contributed by atoms with Crippen molar-refractivity contribution in [2.75, 3.05) is 6.54 Å². The van der Waals surface area contributed by atoms with E-state index in [4.69, 9.17) is 4.74 Å². The van der Waals surface area contributed by atoms with Gasteiger partial charge in [-0.15, -0.1) is 0 Å². The lowest BCUT2D eigenvalue weighted by Gasteiger charge is -2.05. The van der Waals surface area contributed by atoms with Crippen LogP contribution in [0.1, 0.15) is 27.9 Å². The highest BCUT2D eigenvalue weighted by Gasteiger charge is 2.12. The molecule has 2 rings (SSSR count). The van der Waals surface area contributed by atoms with Gasteiger partial charge in [-0.05, 0) is 17.7 Å². The van der Waals surface area contributed by atoms with Crippen molar-refractivity contribution in [1.82, 2.24) is 5.32 Å². The molecular formula is C19H16N2O5. The summed E-state index contributed by atoms with van der Waals surface area (Å²) in [5.41, 5.74) is 1.04. The van der Waals surface area contributed by atoms with E-state index in [0.717, 1.165) is 5.56 Å². The second-order valence-electron chi connectivity index (χ2n) is 5.19. The van der Waals surface area contributed by atoms with E-state index >= 15 is 0 Å². The molecule has 0 aliphatic heterocycles. The third-order valence-electron chi connectivity index (χ3n) is 3.32. The molecule has 0 atom stereocenters. The highest BCUT2D eigenvalue weighted by molar-refractivity contribution is 5.81. The average molecular weight is 352 g/mol. The van der Waals surface area contributed by atoms with Crippen molar-refractivity contribution in [3.63, 3.8) is 0 Å². The first-order chi connectivity index (χ1) is 12.6. The lowest BCUT2D eigenvalue weighted by Crippen LogP contribution is -2.24. The van der Waals surface area contributed by atoms with Crippen LogP contribution >= 0.6 is 0 Å². The highest BCUT2D eigenvalue weighted by atomic mass is 16.6. The Morgan fingerprint density at radius 3 is 2.69 bits per heavy atom. The third kappa shape index (κ3) is 5.76. The van der Waals surface area contributed by atoms with Gasteiger partial charge in [-0.1, -0.05) is 42.2 Å². The number of amides is 1. The van der Waals surface area contributed by atoms with Crippen LogP contribution in [0.25, 0.3) is 0 Å².